The zero-order valence-electron chi connectivity index (χ0n) is 11.5. The molecule has 1 aromatic rings. The summed E-state index contributed by atoms with van der Waals surface area (Å²) in [7, 11) is 1.67. The Balaban J connectivity index is 2.78. The topological polar surface area (TPSA) is 82.2 Å². The molecular formula is C12H22N4O2. The summed E-state index contributed by atoms with van der Waals surface area (Å²) in [5.74, 6) is -0.375. The highest BCUT2D eigenvalue weighted by Crippen LogP contribution is 2.17. The highest BCUT2D eigenvalue weighted by molar-refractivity contribution is 5.77. The summed E-state index contributed by atoms with van der Waals surface area (Å²) < 4.78 is 6.66. The number of primary amides is 1. The Labute approximate surface area is 107 Å². The Kier molecular flexibility index (Phi) is 5.30. The summed E-state index contributed by atoms with van der Waals surface area (Å²) in [4.78, 5) is 11.2. The van der Waals surface area contributed by atoms with E-state index in [1.165, 1.54) is 0 Å². The van der Waals surface area contributed by atoms with Gasteiger partial charge in [0, 0.05) is 31.5 Å². The van der Waals surface area contributed by atoms with Gasteiger partial charge in [0.25, 0.3) is 0 Å². The number of hydrogen-bond acceptors (Lipinski definition) is 4. The van der Waals surface area contributed by atoms with Gasteiger partial charge in [-0.1, -0.05) is 0 Å². The van der Waals surface area contributed by atoms with Gasteiger partial charge < -0.3 is 15.8 Å². The summed E-state index contributed by atoms with van der Waals surface area (Å²) in [5, 5.41) is 7.65. The van der Waals surface area contributed by atoms with E-state index in [0.29, 0.717) is 13.2 Å². The Bertz CT molecular complexity index is 414. The number of carbonyl (C=O) groups excluding carboxylic acids is 1. The van der Waals surface area contributed by atoms with Crippen LogP contribution in [-0.2, 0) is 16.1 Å². The number of aromatic nitrogens is 2. The molecule has 0 saturated heterocycles. The molecule has 0 bridgehead atoms. The number of aryl methyl sites for hydroxylation is 1. The number of nitrogens with one attached hydrogen (secondary N) is 1. The lowest BCUT2D eigenvalue weighted by Crippen LogP contribution is -2.25. The molecule has 0 spiro atoms. The maximum Gasteiger partial charge on any atom is 0.242 e. The molecule has 0 aliphatic carbocycles. The average Bonchev–Trinajstić information content (AvgIpc) is 2.60. The molecule has 3 N–H and O–H groups in total. The quantitative estimate of drug-likeness (QED) is 0.685. The number of ether oxygens (including phenoxy) is 1. The molecule has 0 aromatic carbocycles. The van der Waals surface area contributed by atoms with E-state index in [1.807, 2.05) is 13.8 Å². The second kappa shape index (κ2) is 6.51. The van der Waals surface area contributed by atoms with Gasteiger partial charge in [-0.2, -0.15) is 5.10 Å². The highest BCUT2D eigenvalue weighted by Gasteiger charge is 2.18. The third-order valence-electron chi connectivity index (χ3n) is 3.04. The minimum atomic E-state index is -0.420. The largest absolute Gasteiger partial charge is 0.383 e. The predicted octanol–water partition coefficient (Wildman–Crippen LogP) is 0.282. The number of amides is 1. The van der Waals surface area contributed by atoms with Crippen LogP contribution >= 0.6 is 0 Å². The normalized spacial score (nSPS) is 12.7. The van der Waals surface area contributed by atoms with Crippen LogP contribution in [-0.4, -0.2) is 35.9 Å². The van der Waals surface area contributed by atoms with Crippen molar-refractivity contribution in [3.8, 4) is 0 Å². The lowest BCUT2D eigenvalue weighted by atomic mass is 10.2. The smallest absolute Gasteiger partial charge is 0.242 e. The SMILES string of the molecule is COCCNCc1c(C)nn(C(C)C(N)=O)c1C. The number of methoxy groups -OCH3 is 1. The molecule has 1 aromatic heterocycles. The van der Waals surface area contributed by atoms with Crippen LogP contribution in [0.2, 0.25) is 0 Å². The van der Waals surface area contributed by atoms with Gasteiger partial charge in [0.15, 0.2) is 0 Å². The molecule has 6 nitrogen and oxygen atoms in total. The van der Waals surface area contributed by atoms with Crippen LogP contribution in [0.3, 0.4) is 0 Å². The van der Waals surface area contributed by atoms with Crippen LogP contribution < -0.4 is 11.1 Å². The lowest BCUT2D eigenvalue weighted by Gasteiger charge is -2.10. The molecular weight excluding hydrogens is 232 g/mol. The van der Waals surface area contributed by atoms with Crippen molar-refractivity contribution in [3.05, 3.63) is 17.0 Å². The number of nitrogens with zero attached hydrogens (tertiary/aromatic N) is 2. The van der Waals surface area contributed by atoms with Crippen molar-refractivity contribution in [2.24, 2.45) is 5.73 Å². The standard InChI is InChI=1S/C12H22N4O2/c1-8-11(7-14-5-6-18-4)9(2)16(15-8)10(3)12(13)17/h10,14H,5-7H2,1-4H3,(H2,13,17). The summed E-state index contributed by atoms with van der Waals surface area (Å²) in [6.07, 6.45) is 0. The van der Waals surface area contributed by atoms with Crippen LogP contribution in [0.25, 0.3) is 0 Å². The molecule has 1 rings (SSSR count). The van der Waals surface area contributed by atoms with E-state index < -0.39 is 6.04 Å². The average molecular weight is 254 g/mol. The number of rotatable bonds is 7. The van der Waals surface area contributed by atoms with Crippen LogP contribution in [0, 0.1) is 13.8 Å². The van der Waals surface area contributed by atoms with Crippen molar-refractivity contribution < 1.29 is 9.53 Å². The van der Waals surface area contributed by atoms with Gasteiger partial charge in [-0.05, 0) is 20.8 Å². The molecule has 0 radical (unpaired) electrons. The van der Waals surface area contributed by atoms with E-state index in [-0.39, 0.29) is 5.91 Å². The van der Waals surface area contributed by atoms with Crippen molar-refractivity contribution in [1.82, 2.24) is 15.1 Å². The minimum absolute atomic E-state index is 0.375. The zero-order chi connectivity index (χ0) is 13.7. The van der Waals surface area contributed by atoms with Crippen LogP contribution in [0.5, 0.6) is 0 Å². The van der Waals surface area contributed by atoms with E-state index in [9.17, 15) is 4.79 Å². The van der Waals surface area contributed by atoms with Gasteiger partial charge >= 0.3 is 0 Å². The van der Waals surface area contributed by atoms with Crippen molar-refractivity contribution >= 4 is 5.91 Å². The van der Waals surface area contributed by atoms with Gasteiger partial charge in [-0.15, -0.1) is 0 Å². The van der Waals surface area contributed by atoms with E-state index >= 15 is 0 Å². The fourth-order valence-electron chi connectivity index (χ4n) is 1.84. The van der Waals surface area contributed by atoms with Gasteiger partial charge in [0.05, 0.1) is 12.3 Å². The molecule has 1 heterocycles. The molecule has 102 valence electrons. The molecule has 18 heavy (non-hydrogen) atoms. The van der Waals surface area contributed by atoms with E-state index in [1.54, 1.807) is 18.7 Å². The first-order valence-electron chi connectivity index (χ1n) is 6.02. The van der Waals surface area contributed by atoms with Gasteiger partial charge in [0.2, 0.25) is 5.91 Å². The van der Waals surface area contributed by atoms with E-state index in [0.717, 1.165) is 23.5 Å². The third-order valence-corrected chi connectivity index (χ3v) is 3.04. The van der Waals surface area contributed by atoms with Crippen LogP contribution in [0.4, 0.5) is 0 Å². The first-order valence-corrected chi connectivity index (χ1v) is 6.02. The van der Waals surface area contributed by atoms with Gasteiger partial charge in [-0.25, -0.2) is 0 Å². The monoisotopic (exact) mass is 254 g/mol. The molecule has 1 amide bonds. The Morgan fingerprint density at radius 2 is 2.22 bits per heavy atom. The summed E-state index contributed by atoms with van der Waals surface area (Å²) in [6, 6.07) is -0.420. The number of nitrogens with two attached hydrogens (primary N) is 1. The predicted molar refractivity (Wildman–Crippen MR) is 69.2 cm³/mol. The Morgan fingerprint density at radius 1 is 1.56 bits per heavy atom. The van der Waals surface area contributed by atoms with Crippen molar-refractivity contribution in [2.45, 2.75) is 33.4 Å². The number of hydrogen-bond donors (Lipinski definition) is 2. The molecule has 1 unspecified atom stereocenters. The lowest BCUT2D eigenvalue weighted by molar-refractivity contribution is -0.121. The van der Waals surface area contributed by atoms with Crippen LogP contribution in [0.1, 0.15) is 29.9 Å². The minimum Gasteiger partial charge on any atom is -0.383 e. The second-order valence-corrected chi connectivity index (χ2v) is 4.34. The molecule has 0 aliphatic rings. The first kappa shape index (κ1) is 14.7. The molecule has 6 heteroatoms. The zero-order valence-corrected chi connectivity index (χ0v) is 11.5. The summed E-state index contributed by atoms with van der Waals surface area (Å²) >= 11 is 0. The van der Waals surface area contributed by atoms with E-state index in [2.05, 4.69) is 10.4 Å². The highest BCUT2D eigenvalue weighted by atomic mass is 16.5. The first-order chi connectivity index (χ1) is 8.49. The van der Waals surface area contributed by atoms with Crippen LogP contribution in [0.15, 0.2) is 0 Å². The summed E-state index contributed by atoms with van der Waals surface area (Å²) in [6.45, 7) is 7.81. The molecule has 0 fully saturated rings. The molecule has 1 atom stereocenters. The fraction of sp³-hybridized carbons (Fsp3) is 0.667. The van der Waals surface area contributed by atoms with Crippen molar-refractivity contribution in [3.63, 3.8) is 0 Å². The Morgan fingerprint density at radius 3 is 2.78 bits per heavy atom. The Hall–Kier alpha value is -1.40. The van der Waals surface area contributed by atoms with E-state index in [4.69, 9.17) is 10.5 Å². The second-order valence-electron chi connectivity index (χ2n) is 4.34. The molecule has 0 saturated carbocycles. The van der Waals surface area contributed by atoms with Crippen molar-refractivity contribution in [2.75, 3.05) is 20.3 Å². The van der Waals surface area contributed by atoms with Gasteiger partial charge in [-0.3, -0.25) is 9.48 Å². The summed E-state index contributed by atoms with van der Waals surface area (Å²) in [5.41, 5.74) is 8.31. The third kappa shape index (κ3) is 3.30. The van der Waals surface area contributed by atoms with Gasteiger partial charge in [0.1, 0.15) is 6.04 Å². The maximum absolute atomic E-state index is 11.2. The fourth-order valence-corrected chi connectivity index (χ4v) is 1.84. The van der Waals surface area contributed by atoms with Crippen molar-refractivity contribution in [1.29, 1.82) is 0 Å². The molecule has 0 aliphatic heterocycles. The maximum atomic E-state index is 11.2. The number of carbonyl (C=O) groups is 1.